The molecule has 4 heteroatoms. The molecule has 4 nitrogen and oxygen atoms in total. The Hall–Kier alpha value is -1.55. The Balaban J connectivity index is 2.12. The van der Waals surface area contributed by atoms with E-state index in [0.29, 0.717) is 19.8 Å². The molecule has 1 amide bonds. The van der Waals surface area contributed by atoms with Gasteiger partial charge in [0.1, 0.15) is 6.10 Å². The molecular weight excluding hydrogens is 230 g/mol. The molecule has 0 N–H and O–H groups in total. The molecule has 1 saturated heterocycles. The normalized spacial score (nSPS) is 23.8. The molecule has 1 aliphatic rings. The van der Waals surface area contributed by atoms with Crippen LogP contribution in [0.15, 0.2) is 30.3 Å². The van der Waals surface area contributed by atoms with Crippen LogP contribution in [-0.4, -0.2) is 36.8 Å². The lowest BCUT2D eigenvalue weighted by atomic mass is 10.0. The van der Waals surface area contributed by atoms with Crippen molar-refractivity contribution in [1.82, 2.24) is 4.90 Å². The fourth-order valence-corrected chi connectivity index (χ4v) is 2.27. The molecule has 0 bridgehead atoms. The van der Waals surface area contributed by atoms with Crippen LogP contribution >= 0.6 is 0 Å². The first-order chi connectivity index (χ1) is 8.74. The highest BCUT2D eigenvalue weighted by atomic mass is 16.6. The van der Waals surface area contributed by atoms with Crippen LogP contribution in [0.25, 0.3) is 0 Å². The Morgan fingerprint density at radius 1 is 1.44 bits per heavy atom. The summed E-state index contributed by atoms with van der Waals surface area (Å²) in [6, 6.07) is 9.97. The lowest BCUT2D eigenvalue weighted by Gasteiger charge is -2.38. The largest absolute Gasteiger partial charge is 0.450 e. The lowest BCUT2D eigenvalue weighted by Crippen LogP contribution is -2.48. The molecule has 1 aromatic carbocycles. The van der Waals surface area contributed by atoms with Crippen LogP contribution in [0, 0.1) is 0 Å². The molecule has 1 aromatic rings. The van der Waals surface area contributed by atoms with E-state index in [4.69, 9.17) is 9.47 Å². The van der Waals surface area contributed by atoms with Gasteiger partial charge < -0.3 is 14.4 Å². The molecule has 18 heavy (non-hydrogen) atoms. The maximum absolute atomic E-state index is 11.8. The van der Waals surface area contributed by atoms with Crippen molar-refractivity contribution in [3.05, 3.63) is 35.9 Å². The zero-order chi connectivity index (χ0) is 13.0. The van der Waals surface area contributed by atoms with Gasteiger partial charge in [0.25, 0.3) is 0 Å². The number of nitrogens with zero attached hydrogens (tertiary/aromatic N) is 1. The van der Waals surface area contributed by atoms with Gasteiger partial charge >= 0.3 is 6.09 Å². The zero-order valence-electron chi connectivity index (χ0n) is 10.8. The molecule has 1 fully saturated rings. The van der Waals surface area contributed by atoms with Gasteiger partial charge in [-0.05, 0) is 19.4 Å². The van der Waals surface area contributed by atoms with Gasteiger partial charge in [0.2, 0.25) is 0 Å². The van der Waals surface area contributed by atoms with E-state index in [1.54, 1.807) is 4.90 Å². The van der Waals surface area contributed by atoms with Gasteiger partial charge in [0.15, 0.2) is 0 Å². The fraction of sp³-hybridized carbons (Fsp3) is 0.500. The third-order valence-corrected chi connectivity index (χ3v) is 3.19. The molecule has 0 saturated carbocycles. The SMILES string of the molecule is CCOC(=O)N1CCOC(c2ccccc2)C1C. The van der Waals surface area contributed by atoms with Crippen molar-refractivity contribution in [2.45, 2.75) is 26.0 Å². The number of hydrogen-bond acceptors (Lipinski definition) is 3. The minimum Gasteiger partial charge on any atom is -0.450 e. The standard InChI is InChI=1S/C14H19NO3/c1-3-17-14(16)15-9-10-18-13(11(15)2)12-7-5-4-6-8-12/h4-8,11,13H,3,9-10H2,1-2H3. The van der Waals surface area contributed by atoms with E-state index < -0.39 is 0 Å². The minimum atomic E-state index is -0.255. The van der Waals surface area contributed by atoms with Crippen LogP contribution in [0.5, 0.6) is 0 Å². The van der Waals surface area contributed by atoms with Crippen LogP contribution < -0.4 is 0 Å². The van der Waals surface area contributed by atoms with Crippen LogP contribution in [0.1, 0.15) is 25.5 Å². The predicted molar refractivity (Wildman–Crippen MR) is 68.3 cm³/mol. The second-order valence-electron chi connectivity index (χ2n) is 4.33. The molecule has 2 unspecified atom stereocenters. The molecule has 1 aliphatic heterocycles. The van der Waals surface area contributed by atoms with Gasteiger partial charge in [-0.25, -0.2) is 4.79 Å². The molecular formula is C14H19NO3. The van der Waals surface area contributed by atoms with Gasteiger partial charge in [-0.2, -0.15) is 0 Å². The van der Waals surface area contributed by atoms with E-state index in [0.717, 1.165) is 5.56 Å². The van der Waals surface area contributed by atoms with Gasteiger partial charge in [0.05, 0.1) is 19.3 Å². The highest BCUT2D eigenvalue weighted by Crippen LogP contribution is 2.28. The number of morpholine rings is 1. The minimum absolute atomic E-state index is 0.0137. The number of benzene rings is 1. The average Bonchev–Trinajstić information content (AvgIpc) is 2.40. The van der Waals surface area contributed by atoms with Gasteiger partial charge in [-0.3, -0.25) is 0 Å². The van der Waals surface area contributed by atoms with Crippen molar-refractivity contribution in [2.75, 3.05) is 19.8 Å². The molecule has 0 aliphatic carbocycles. The second kappa shape index (κ2) is 5.87. The Morgan fingerprint density at radius 2 is 2.17 bits per heavy atom. The van der Waals surface area contributed by atoms with Gasteiger partial charge in [-0.1, -0.05) is 30.3 Å². The van der Waals surface area contributed by atoms with E-state index in [2.05, 4.69) is 0 Å². The second-order valence-corrected chi connectivity index (χ2v) is 4.33. The maximum atomic E-state index is 11.8. The lowest BCUT2D eigenvalue weighted by molar-refractivity contribution is -0.0611. The van der Waals surface area contributed by atoms with Gasteiger partial charge in [0, 0.05) is 6.54 Å². The average molecular weight is 249 g/mol. The number of hydrogen-bond donors (Lipinski definition) is 0. The molecule has 0 aromatic heterocycles. The first kappa shape index (κ1) is 12.9. The highest BCUT2D eigenvalue weighted by Gasteiger charge is 2.33. The number of amides is 1. The molecule has 1 heterocycles. The number of ether oxygens (including phenoxy) is 2. The smallest absolute Gasteiger partial charge is 0.410 e. The van der Waals surface area contributed by atoms with Crippen molar-refractivity contribution in [2.24, 2.45) is 0 Å². The topological polar surface area (TPSA) is 38.8 Å². The van der Waals surface area contributed by atoms with Gasteiger partial charge in [-0.15, -0.1) is 0 Å². The van der Waals surface area contributed by atoms with Crippen LogP contribution in [0.2, 0.25) is 0 Å². The third-order valence-electron chi connectivity index (χ3n) is 3.19. The molecule has 2 rings (SSSR count). The Kier molecular flexibility index (Phi) is 4.20. The molecule has 2 atom stereocenters. The summed E-state index contributed by atoms with van der Waals surface area (Å²) < 4.78 is 10.9. The summed E-state index contributed by atoms with van der Waals surface area (Å²) in [5, 5.41) is 0. The van der Waals surface area contributed by atoms with Crippen molar-refractivity contribution in [3.8, 4) is 0 Å². The summed E-state index contributed by atoms with van der Waals surface area (Å²) in [5.74, 6) is 0. The number of carbonyl (C=O) groups excluding carboxylic acids is 1. The number of carbonyl (C=O) groups is 1. The fourth-order valence-electron chi connectivity index (χ4n) is 2.27. The van der Waals surface area contributed by atoms with E-state index in [9.17, 15) is 4.79 Å². The number of rotatable bonds is 2. The summed E-state index contributed by atoms with van der Waals surface area (Å²) in [7, 11) is 0. The van der Waals surface area contributed by atoms with Crippen LogP contribution in [-0.2, 0) is 9.47 Å². The zero-order valence-corrected chi connectivity index (χ0v) is 10.8. The summed E-state index contributed by atoms with van der Waals surface area (Å²) >= 11 is 0. The van der Waals surface area contributed by atoms with Crippen molar-refractivity contribution >= 4 is 6.09 Å². The molecule has 0 radical (unpaired) electrons. The van der Waals surface area contributed by atoms with Crippen LogP contribution in [0.3, 0.4) is 0 Å². The quantitative estimate of drug-likeness (QED) is 0.808. The Morgan fingerprint density at radius 3 is 2.83 bits per heavy atom. The van der Waals surface area contributed by atoms with Crippen molar-refractivity contribution < 1.29 is 14.3 Å². The van der Waals surface area contributed by atoms with E-state index in [1.165, 1.54) is 0 Å². The molecule has 0 spiro atoms. The molecule has 98 valence electrons. The van der Waals surface area contributed by atoms with Crippen LogP contribution in [0.4, 0.5) is 4.79 Å². The summed E-state index contributed by atoms with van der Waals surface area (Å²) in [4.78, 5) is 13.6. The maximum Gasteiger partial charge on any atom is 0.410 e. The first-order valence-electron chi connectivity index (χ1n) is 6.34. The van der Waals surface area contributed by atoms with Crippen molar-refractivity contribution in [3.63, 3.8) is 0 Å². The summed E-state index contributed by atoms with van der Waals surface area (Å²) in [6.45, 7) is 5.34. The summed E-state index contributed by atoms with van der Waals surface area (Å²) in [5.41, 5.74) is 1.10. The monoisotopic (exact) mass is 249 g/mol. The Bertz CT molecular complexity index is 393. The summed E-state index contributed by atoms with van der Waals surface area (Å²) in [6.07, 6.45) is -0.335. The highest BCUT2D eigenvalue weighted by molar-refractivity contribution is 5.68. The van der Waals surface area contributed by atoms with E-state index >= 15 is 0 Å². The predicted octanol–water partition coefficient (Wildman–Crippen LogP) is 2.60. The first-order valence-corrected chi connectivity index (χ1v) is 6.34. The Labute approximate surface area is 107 Å². The van der Waals surface area contributed by atoms with Crippen molar-refractivity contribution in [1.29, 1.82) is 0 Å². The third kappa shape index (κ3) is 2.64. The van der Waals surface area contributed by atoms with E-state index in [1.807, 2.05) is 44.2 Å². The van der Waals surface area contributed by atoms with E-state index in [-0.39, 0.29) is 18.2 Å².